The summed E-state index contributed by atoms with van der Waals surface area (Å²) in [5.41, 5.74) is 1.88. The summed E-state index contributed by atoms with van der Waals surface area (Å²) in [5, 5.41) is 5.93. The third-order valence-electron chi connectivity index (χ3n) is 3.42. The summed E-state index contributed by atoms with van der Waals surface area (Å²) >= 11 is 1.64. The van der Waals surface area contributed by atoms with Gasteiger partial charge in [-0.05, 0) is 37.4 Å². The zero-order valence-corrected chi connectivity index (χ0v) is 12.7. The number of hydrogen-bond acceptors (Lipinski definition) is 4. The van der Waals surface area contributed by atoms with Crippen molar-refractivity contribution in [1.82, 2.24) is 5.32 Å². The minimum Gasteiger partial charge on any atom is -0.497 e. The van der Waals surface area contributed by atoms with Gasteiger partial charge in [0.2, 0.25) is 5.91 Å². The highest BCUT2D eigenvalue weighted by atomic mass is 32.2. The van der Waals surface area contributed by atoms with E-state index in [2.05, 4.69) is 10.6 Å². The van der Waals surface area contributed by atoms with Gasteiger partial charge in [0.1, 0.15) is 11.8 Å². The molecule has 1 aliphatic heterocycles. The van der Waals surface area contributed by atoms with E-state index in [0.29, 0.717) is 0 Å². The first-order valence-corrected chi connectivity index (χ1v) is 7.47. The number of benzene rings is 2. The first kappa shape index (κ1) is 14.0. The van der Waals surface area contributed by atoms with Gasteiger partial charge in [0.05, 0.1) is 7.11 Å². The van der Waals surface area contributed by atoms with E-state index in [0.717, 1.165) is 26.8 Å². The van der Waals surface area contributed by atoms with Crippen LogP contribution in [0.2, 0.25) is 0 Å². The fourth-order valence-electron chi connectivity index (χ4n) is 2.39. The quantitative estimate of drug-likeness (QED) is 0.911. The van der Waals surface area contributed by atoms with Gasteiger partial charge in [-0.3, -0.25) is 4.79 Å². The number of carbonyl (C=O) groups excluding carboxylic acids is 1. The number of anilines is 1. The fourth-order valence-corrected chi connectivity index (χ4v) is 3.30. The van der Waals surface area contributed by atoms with Crippen LogP contribution in [0, 0.1) is 0 Å². The second-order valence-corrected chi connectivity index (χ2v) is 5.89. The molecule has 0 bridgehead atoms. The number of nitrogens with one attached hydrogen (secondary N) is 2. The minimum absolute atomic E-state index is 0.00368. The molecular weight excluding hydrogens is 284 g/mol. The molecule has 1 amide bonds. The SMILES string of the molecule is CNC1C(=O)Nc2cc(Sc3cccc(OC)c3)ccc21. The lowest BCUT2D eigenvalue weighted by molar-refractivity contribution is -0.117. The number of likely N-dealkylation sites (N-methyl/N-ethyl adjacent to an activating group) is 1. The molecule has 1 unspecified atom stereocenters. The number of methoxy groups -OCH3 is 1. The predicted molar refractivity (Wildman–Crippen MR) is 84.0 cm³/mol. The van der Waals surface area contributed by atoms with Gasteiger partial charge >= 0.3 is 0 Å². The van der Waals surface area contributed by atoms with Crippen molar-refractivity contribution in [1.29, 1.82) is 0 Å². The van der Waals surface area contributed by atoms with Crippen molar-refractivity contribution >= 4 is 23.4 Å². The van der Waals surface area contributed by atoms with Gasteiger partial charge in [0.15, 0.2) is 0 Å². The van der Waals surface area contributed by atoms with Crippen LogP contribution in [0.3, 0.4) is 0 Å². The first-order chi connectivity index (χ1) is 10.2. The maximum absolute atomic E-state index is 11.8. The number of carbonyl (C=O) groups is 1. The molecule has 0 saturated heterocycles. The van der Waals surface area contributed by atoms with Crippen molar-refractivity contribution in [3.8, 4) is 5.75 Å². The number of fused-ring (bicyclic) bond motifs is 1. The van der Waals surface area contributed by atoms with Crippen LogP contribution in [0.1, 0.15) is 11.6 Å². The van der Waals surface area contributed by atoms with E-state index in [9.17, 15) is 4.79 Å². The highest BCUT2D eigenvalue weighted by Gasteiger charge is 2.28. The molecule has 0 radical (unpaired) electrons. The summed E-state index contributed by atoms with van der Waals surface area (Å²) in [4.78, 5) is 14.0. The van der Waals surface area contributed by atoms with Gasteiger partial charge in [0, 0.05) is 21.0 Å². The molecule has 0 spiro atoms. The average molecular weight is 300 g/mol. The lowest BCUT2D eigenvalue weighted by Crippen LogP contribution is -2.23. The van der Waals surface area contributed by atoms with Crippen LogP contribution in [0.4, 0.5) is 5.69 Å². The molecule has 2 aromatic rings. The second-order valence-electron chi connectivity index (χ2n) is 4.74. The Morgan fingerprint density at radius 2 is 2.00 bits per heavy atom. The van der Waals surface area contributed by atoms with Crippen LogP contribution in [0.15, 0.2) is 52.3 Å². The standard InChI is InChI=1S/C16H16N2O2S/c1-17-15-13-7-6-12(9-14(13)18-16(15)19)21-11-5-3-4-10(8-11)20-2/h3-9,15,17H,1-2H3,(H,18,19). The van der Waals surface area contributed by atoms with Gasteiger partial charge in [-0.15, -0.1) is 0 Å². The lowest BCUT2D eigenvalue weighted by atomic mass is 10.1. The van der Waals surface area contributed by atoms with E-state index in [1.165, 1.54) is 0 Å². The maximum Gasteiger partial charge on any atom is 0.246 e. The Balaban J connectivity index is 1.85. The molecule has 4 nitrogen and oxygen atoms in total. The van der Waals surface area contributed by atoms with Gasteiger partial charge in [-0.1, -0.05) is 23.9 Å². The minimum atomic E-state index is -0.254. The van der Waals surface area contributed by atoms with Crippen molar-refractivity contribution in [2.24, 2.45) is 0 Å². The van der Waals surface area contributed by atoms with Crippen LogP contribution in [-0.4, -0.2) is 20.1 Å². The molecule has 0 saturated carbocycles. The Hall–Kier alpha value is -1.98. The largest absolute Gasteiger partial charge is 0.497 e. The Bertz CT molecular complexity index is 688. The van der Waals surface area contributed by atoms with E-state index in [1.54, 1.807) is 25.9 Å². The van der Waals surface area contributed by atoms with E-state index in [-0.39, 0.29) is 11.9 Å². The van der Waals surface area contributed by atoms with Crippen LogP contribution in [-0.2, 0) is 4.79 Å². The van der Waals surface area contributed by atoms with Crippen molar-refractivity contribution in [3.63, 3.8) is 0 Å². The van der Waals surface area contributed by atoms with Gasteiger partial charge in [-0.2, -0.15) is 0 Å². The summed E-state index contributed by atoms with van der Waals surface area (Å²) < 4.78 is 5.23. The molecule has 0 fully saturated rings. The maximum atomic E-state index is 11.8. The Morgan fingerprint density at radius 3 is 2.76 bits per heavy atom. The molecule has 0 aliphatic carbocycles. The average Bonchev–Trinajstić information content (AvgIpc) is 2.81. The highest BCUT2D eigenvalue weighted by molar-refractivity contribution is 7.99. The highest BCUT2D eigenvalue weighted by Crippen LogP contribution is 2.37. The smallest absolute Gasteiger partial charge is 0.246 e. The van der Waals surface area contributed by atoms with Gasteiger partial charge < -0.3 is 15.4 Å². The second kappa shape index (κ2) is 5.79. The van der Waals surface area contributed by atoms with Crippen molar-refractivity contribution in [2.45, 2.75) is 15.8 Å². The molecule has 21 heavy (non-hydrogen) atoms. The molecule has 3 rings (SSSR count). The summed E-state index contributed by atoms with van der Waals surface area (Å²) in [6.07, 6.45) is 0. The molecule has 1 heterocycles. The Labute approximate surface area is 127 Å². The van der Waals surface area contributed by atoms with Crippen molar-refractivity contribution in [3.05, 3.63) is 48.0 Å². The number of ether oxygens (including phenoxy) is 1. The zero-order valence-electron chi connectivity index (χ0n) is 11.8. The van der Waals surface area contributed by atoms with Crippen molar-refractivity contribution in [2.75, 3.05) is 19.5 Å². The molecule has 5 heteroatoms. The van der Waals surface area contributed by atoms with Crippen molar-refractivity contribution < 1.29 is 9.53 Å². The lowest BCUT2D eigenvalue weighted by Gasteiger charge is -2.08. The molecule has 2 aromatic carbocycles. The molecule has 108 valence electrons. The monoisotopic (exact) mass is 300 g/mol. The summed E-state index contributed by atoms with van der Waals surface area (Å²) in [5.74, 6) is 0.834. The third kappa shape index (κ3) is 2.75. The van der Waals surface area contributed by atoms with Gasteiger partial charge in [-0.25, -0.2) is 0 Å². The summed E-state index contributed by atoms with van der Waals surface area (Å²) in [7, 11) is 3.45. The normalized spacial score (nSPS) is 16.5. The summed E-state index contributed by atoms with van der Waals surface area (Å²) in [6, 6.07) is 13.7. The molecule has 1 aliphatic rings. The Kier molecular flexibility index (Phi) is 3.86. The topological polar surface area (TPSA) is 50.4 Å². The first-order valence-electron chi connectivity index (χ1n) is 6.65. The fraction of sp³-hybridized carbons (Fsp3) is 0.188. The predicted octanol–water partition coefficient (Wildman–Crippen LogP) is 3.06. The number of hydrogen-bond donors (Lipinski definition) is 2. The van der Waals surface area contributed by atoms with Crippen LogP contribution < -0.4 is 15.4 Å². The molecule has 2 N–H and O–H groups in total. The van der Waals surface area contributed by atoms with E-state index >= 15 is 0 Å². The van der Waals surface area contributed by atoms with Gasteiger partial charge in [0.25, 0.3) is 0 Å². The van der Waals surface area contributed by atoms with Crippen LogP contribution in [0.25, 0.3) is 0 Å². The number of amides is 1. The van der Waals surface area contributed by atoms with E-state index < -0.39 is 0 Å². The van der Waals surface area contributed by atoms with Crippen LogP contribution in [0.5, 0.6) is 5.75 Å². The summed E-state index contributed by atoms with van der Waals surface area (Å²) in [6.45, 7) is 0. The molecule has 0 aromatic heterocycles. The number of rotatable bonds is 4. The van der Waals surface area contributed by atoms with E-state index in [4.69, 9.17) is 4.74 Å². The molecular formula is C16H16N2O2S. The van der Waals surface area contributed by atoms with E-state index in [1.807, 2.05) is 42.5 Å². The third-order valence-corrected chi connectivity index (χ3v) is 4.40. The molecule has 1 atom stereocenters. The zero-order chi connectivity index (χ0) is 14.8. The Morgan fingerprint density at radius 1 is 1.19 bits per heavy atom. The van der Waals surface area contributed by atoms with Crippen LogP contribution >= 0.6 is 11.8 Å².